The number of nitrogens with one attached hydrogen (secondary N) is 1. The van der Waals surface area contributed by atoms with E-state index in [1.807, 2.05) is 6.92 Å². The van der Waals surface area contributed by atoms with Gasteiger partial charge >= 0.3 is 6.03 Å². The van der Waals surface area contributed by atoms with E-state index in [2.05, 4.69) is 15.1 Å². The summed E-state index contributed by atoms with van der Waals surface area (Å²) in [5.74, 6) is 0.0286. The Balaban J connectivity index is 1.20. The molecule has 4 fully saturated rings. The number of amides is 3. The van der Waals surface area contributed by atoms with E-state index < -0.39 is 6.04 Å². The van der Waals surface area contributed by atoms with Crippen molar-refractivity contribution in [2.45, 2.75) is 76.1 Å². The second-order valence-electron chi connectivity index (χ2n) is 10.6. The van der Waals surface area contributed by atoms with Gasteiger partial charge in [0.05, 0.1) is 16.1 Å². The molecule has 1 aliphatic carbocycles. The molecular weight excluding hydrogens is 475 g/mol. The van der Waals surface area contributed by atoms with Crippen molar-refractivity contribution in [2.24, 2.45) is 5.41 Å². The number of likely N-dealkylation sites (tertiary alicyclic amines) is 1. The van der Waals surface area contributed by atoms with Crippen LogP contribution in [0.2, 0.25) is 10.0 Å². The number of anilines is 1. The highest BCUT2D eigenvalue weighted by atomic mass is 35.5. The third-order valence-electron chi connectivity index (χ3n) is 8.51. The number of piperidine rings is 2. The van der Waals surface area contributed by atoms with Gasteiger partial charge in [-0.3, -0.25) is 4.79 Å². The number of β-amino-alcohol motifs (C(OH)–C–C–N with tert-alkyl or cyclic N) is 1. The molecule has 4 unspecified atom stereocenters. The minimum absolute atomic E-state index is 0.0286. The summed E-state index contributed by atoms with van der Waals surface area (Å²) in [5.41, 5.74) is 0.770. The zero-order valence-corrected chi connectivity index (χ0v) is 21.2. The summed E-state index contributed by atoms with van der Waals surface area (Å²) >= 11 is 12.1. The number of halogens is 2. The maximum absolute atomic E-state index is 13.4. The summed E-state index contributed by atoms with van der Waals surface area (Å²) in [6.07, 6.45) is 7.11. The summed E-state index contributed by atoms with van der Waals surface area (Å²) in [5, 5.41) is 14.2. The summed E-state index contributed by atoms with van der Waals surface area (Å²) in [6, 6.07) is 4.39. The fraction of sp³-hybridized carbons (Fsp3) is 0.680. The molecule has 0 radical (unpaired) electrons. The monoisotopic (exact) mass is 508 g/mol. The molecule has 7 nitrogen and oxygen atoms in total. The van der Waals surface area contributed by atoms with Crippen molar-refractivity contribution in [2.75, 3.05) is 31.5 Å². The van der Waals surface area contributed by atoms with Crippen molar-refractivity contribution in [3.05, 3.63) is 28.2 Å². The third kappa shape index (κ3) is 4.64. The first-order chi connectivity index (χ1) is 16.3. The number of hydrogen-bond acceptors (Lipinski definition) is 4. The zero-order chi connectivity index (χ0) is 24.0. The Morgan fingerprint density at radius 2 is 1.97 bits per heavy atom. The molecule has 1 saturated carbocycles. The average Bonchev–Trinajstić information content (AvgIpc) is 3.60. The van der Waals surface area contributed by atoms with Gasteiger partial charge in [0.15, 0.2) is 0 Å². The van der Waals surface area contributed by atoms with E-state index in [1.54, 1.807) is 23.1 Å². The fourth-order valence-electron chi connectivity index (χ4n) is 6.11. The summed E-state index contributed by atoms with van der Waals surface area (Å²) in [6.45, 7) is 5.05. The van der Waals surface area contributed by atoms with Crippen molar-refractivity contribution in [1.82, 2.24) is 14.7 Å². The molecule has 5 rings (SSSR count). The second kappa shape index (κ2) is 9.49. The van der Waals surface area contributed by atoms with Gasteiger partial charge < -0.3 is 25.1 Å². The highest BCUT2D eigenvalue weighted by Gasteiger charge is 2.51. The smallest absolute Gasteiger partial charge is 0.322 e. The van der Waals surface area contributed by atoms with Gasteiger partial charge in [0, 0.05) is 37.4 Å². The highest BCUT2D eigenvalue weighted by Crippen LogP contribution is 2.53. The first kappa shape index (κ1) is 24.2. The predicted octanol–water partition coefficient (Wildman–Crippen LogP) is 4.22. The van der Waals surface area contributed by atoms with Crippen LogP contribution in [0.3, 0.4) is 0 Å². The molecule has 1 aromatic carbocycles. The van der Waals surface area contributed by atoms with Crippen molar-refractivity contribution in [1.29, 1.82) is 0 Å². The molecular formula is C25H34Cl2N4O3. The topological polar surface area (TPSA) is 76.1 Å². The van der Waals surface area contributed by atoms with E-state index in [4.69, 9.17) is 23.2 Å². The number of carbonyl (C=O) groups excluding carboxylic acids is 2. The number of aliphatic hydroxyl groups excluding tert-OH is 1. The second-order valence-corrected chi connectivity index (χ2v) is 11.4. The lowest BCUT2D eigenvalue weighted by atomic mass is 9.88. The van der Waals surface area contributed by atoms with Crippen molar-refractivity contribution < 1.29 is 14.7 Å². The lowest BCUT2D eigenvalue weighted by Gasteiger charge is -2.50. The van der Waals surface area contributed by atoms with Crippen LogP contribution in [0.1, 0.15) is 51.9 Å². The molecule has 9 heteroatoms. The number of fused-ring (bicyclic) bond motifs is 1. The van der Waals surface area contributed by atoms with Gasteiger partial charge in [0.25, 0.3) is 0 Å². The van der Waals surface area contributed by atoms with Gasteiger partial charge in [-0.05, 0) is 82.0 Å². The molecule has 4 aliphatic rings. The van der Waals surface area contributed by atoms with Crippen molar-refractivity contribution in [3.63, 3.8) is 0 Å². The van der Waals surface area contributed by atoms with Crippen molar-refractivity contribution in [3.8, 4) is 0 Å². The van der Waals surface area contributed by atoms with Gasteiger partial charge in [-0.15, -0.1) is 0 Å². The van der Waals surface area contributed by atoms with Crippen LogP contribution in [0.15, 0.2) is 18.2 Å². The Bertz CT molecular complexity index is 956. The number of urea groups is 1. The normalized spacial score (nSPS) is 30.9. The number of carbonyl (C=O) groups is 2. The molecule has 1 spiro atoms. The standard InChI is InChI=1S/C25H34Cl2N4O3/c1-16-23(33)31-18(7-11-29-12-10-25(8-9-25)22(32)15-29)3-2-4-19(31)14-30(16)24(34)28-17-5-6-20(26)21(27)13-17/h5-6,13,16,18-19,22,32H,2-4,7-12,14-15H2,1H3,(H,28,34). The SMILES string of the molecule is CC1C(=O)N2C(CCN3CCC4(CC4)C(O)C3)CCCC2CN1C(=O)Nc1ccc(Cl)c(Cl)c1. The molecule has 0 aromatic heterocycles. The van der Waals surface area contributed by atoms with Crippen LogP contribution in [0, 0.1) is 5.41 Å². The number of piperazine rings is 1. The Labute approximate surface area is 211 Å². The lowest BCUT2D eigenvalue weighted by molar-refractivity contribution is -0.149. The van der Waals surface area contributed by atoms with Gasteiger partial charge in [0.1, 0.15) is 6.04 Å². The van der Waals surface area contributed by atoms with Crippen LogP contribution < -0.4 is 5.32 Å². The number of aliphatic hydroxyl groups is 1. The van der Waals surface area contributed by atoms with Crippen LogP contribution >= 0.6 is 23.2 Å². The van der Waals surface area contributed by atoms with Crippen LogP contribution in [-0.2, 0) is 4.79 Å². The van der Waals surface area contributed by atoms with Gasteiger partial charge in [-0.2, -0.15) is 0 Å². The molecule has 3 heterocycles. The largest absolute Gasteiger partial charge is 0.391 e. The minimum atomic E-state index is -0.522. The van der Waals surface area contributed by atoms with Crippen LogP contribution in [0.5, 0.6) is 0 Å². The van der Waals surface area contributed by atoms with Gasteiger partial charge in [-0.25, -0.2) is 4.79 Å². The number of hydrogen-bond donors (Lipinski definition) is 2. The first-order valence-electron chi connectivity index (χ1n) is 12.5. The molecule has 2 N–H and O–H groups in total. The molecule has 186 valence electrons. The van der Waals surface area contributed by atoms with E-state index in [9.17, 15) is 14.7 Å². The molecule has 3 aliphatic heterocycles. The fourth-order valence-corrected chi connectivity index (χ4v) is 6.40. The Kier molecular flexibility index (Phi) is 6.75. The summed E-state index contributed by atoms with van der Waals surface area (Å²) < 4.78 is 0. The molecule has 1 aromatic rings. The van der Waals surface area contributed by atoms with E-state index in [1.165, 1.54) is 12.8 Å². The van der Waals surface area contributed by atoms with Crippen LogP contribution in [-0.4, -0.2) is 82.2 Å². The Morgan fingerprint density at radius 3 is 2.68 bits per heavy atom. The minimum Gasteiger partial charge on any atom is -0.391 e. The maximum atomic E-state index is 13.4. The van der Waals surface area contributed by atoms with E-state index in [-0.39, 0.29) is 35.5 Å². The molecule has 34 heavy (non-hydrogen) atoms. The highest BCUT2D eigenvalue weighted by molar-refractivity contribution is 6.42. The number of benzene rings is 1. The van der Waals surface area contributed by atoms with Crippen molar-refractivity contribution >= 4 is 40.8 Å². The van der Waals surface area contributed by atoms with E-state index in [0.717, 1.165) is 51.7 Å². The third-order valence-corrected chi connectivity index (χ3v) is 9.25. The maximum Gasteiger partial charge on any atom is 0.322 e. The average molecular weight is 509 g/mol. The molecule has 3 saturated heterocycles. The van der Waals surface area contributed by atoms with Gasteiger partial charge in [-0.1, -0.05) is 23.2 Å². The van der Waals surface area contributed by atoms with Crippen LogP contribution in [0.25, 0.3) is 0 Å². The van der Waals surface area contributed by atoms with Crippen LogP contribution in [0.4, 0.5) is 10.5 Å². The number of nitrogens with zero attached hydrogens (tertiary/aromatic N) is 3. The molecule has 0 bridgehead atoms. The van der Waals surface area contributed by atoms with Gasteiger partial charge in [0.2, 0.25) is 5.91 Å². The van der Waals surface area contributed by atoms with E-state index >= 15 is 0 Å². The number of rotatable bonds is 4. The summed E-state index contributed by atoms with van der Waals surface area (Å²) in [4.78, 5) is 32.6. The molecule has 4 atom stereocenters. The lowest BCUT2D eigenvalue weighted by Crippen LogP contribution is -2.66. The Morgan fingerprint density at radius 1 is 1.18 bits per heavy atom. The molecule has 3 amide bonds. The Hall–Kier alpha value is -1.54. The zero-order valence-electron chi connectivity index (χ0n) is 19.7. The quantitative estimate of drug-likeness (QED) is 0.638. The summed E-state index contributed by atoms with van der Waals surface area (Å²) in [7, 11) is 0. The first-order valence-corrected chi connectivity index (χ1v) is 13.3. The van der Waals surface area contributed by atoms with E-state index in [0.29, 0.717) is 22.3 Å². The predicted molar refractivity (Wildman–Crippen MR) is 133 cm³/mol.